The fourth-order valence-electron chi connectivity index (χ4n) is 1.59. The fourth-order valence-corrected chi connectivity index (χ4v) is 2.70. The van der Waals surface area contributed by atoms with Crippen molar-refractivity contribution in [3.63, 3.8) is 0 Å². The fraction of sp³-hybridized carbons (Fsp3) is 0.231. The number of carbonyl (C=O) groups is 1. The second kappa shape index (κ2) is 6.16. The Kier molecular flexibility index (Phi) is 4.55. The van der Waals surface area contributed by atoms with Crippen molar-refractivity contribution < 1.29 is 4.79 Å². The van der Waals surface area contributed by atoms with Crippen molar-refractivity contribution in [1.29, 1.82) is 0 Å². The molecule has 0 atom stereocenters. The molecule has 4 nitrogen and oxygen atoms in total. The van der Waals surface area contributed by atoms with Gasteiger partial charge in [0.15, 0.2) is 5.13 Å². The summed E-state index contributed by atoms with van der Waals surface area (Å²) in [7, 11) is 0. The smallest absolute Gasteiger partial charge is 0.259 e. The zero-order valence-corrected chi connectivity index (χ0v) is 13.0. The van der Waals surface area contributed by atoms with Crippen molar-refractivity contribution >= 4 is 44.0 Å². The topological polar surface area (TPSA) is 54.0 Å². The molecule has 0 bridgehead atoms. The van der Waals surface area contributed by atoms with E-state index in [1.54, 1.807) is 12.3 Å². The molecular weight excluding hydrogens is 326 g/mol. The van der Waals surface area contributed by atoms with Gasteiger partial charge in [-0.25, -0.2) is 4.98 Å². The molecule has 0 aliphatic heterocycles. The van der Waals surface area contributed by atoms with Crippen LogP contribution in [0.15, 0.2) is 34.2 Å². The first-order valence-electron chi connectivity index (χ1n) is 5.84. The Morgan fingerprint density at radius 3 is 2.74 bits per heavy atom. The van der Waals surface area contributed by atoms with Gasteiger partial charge in [-0.05, 0) is 41.9 Å². The third-order valence-electron chi connectivity index (χ3n) is 2.31. The maximum Gasteiger partial charge on any atom is 0.259 e. The molecule has 100 valence electrons. The lowest BCUT2D eigenvalue weighted by Crippen LogP contribution is -2.17. The molecule has 0 unspecified atom stereocenters. The summed E-state index contributed by atoms with van der Waals surface area (Å²) >= 11 is 4.70. The molecule has 1 aromatic carbocycles. The van der Waals surface area contributed by atoms with Crippen LogP contribution >= 0.6 is 27.3 Å². The number of aromatic nitrogens is 1. The highest BCUT2D eigenvalue weighted by atomic mass is 79.9. The van der Waals surface area contributed by atoms with Crippen LogP contribution < -0.4 is 10.6 Å². The molecule has 0 radical (unpaired) electrons. The van der Waals surface area contributed by atoms with Gasteiger partial charge in [0.05, 0.1) is 15.5 Å². The Morgan fingerprint density at radius 2 is 2.11 bits per heavy atom. The summed E-state index contributed by atoms with van der Waals surface area (Å²) < 4.78 is 0.886. The second-order valence-electron chi connectivity index (χ2n) is 4.27. The monoisotopic (exact) mass is 339 g/mol. The van der Waals surface area contributed by atoms with Crippen molar-refractivity contribution in [3.05, 3.63) is 39.8 Å². The van der Waals surface area contributed by atoms with Crippen LogP contribution in [0.5, 0.6) is 0 Å². The Bertz CT molecular complexity index is 583. The zero-order valence-electron chi connectivity index (χ0n) is 10.6. The van der Waals surface area contributed by atoms with Crippen LogP contribution in [0.2, 0.25) is 0 Å². The van der Waals surface area contributed by atoms with Crippen LogP contribution in [0.4, 0.5) is 10.8 Å². The molecule has 0 spiro atoms. The zero-order chi connectivity index (χ0) is 13.8. The molecule has 0 aliphatic rings. The molecule has 2 rings (SSSR count). The number of carbonyl (C=O) groups excluding carboxylic acids is 1. The largest absolute Gasteiger partial charge is 0.382 e. The SMILES string of the molecule is CC(C)Nc1ccccc1C(=O)Nc1ncc(Br)s1. The van der Waals surface area contributed by atoms with Crippen molar-refractivity contribution in [2.24, 2.45) is 0 Å². The summed E-state index contributed by atoms with van der Waals surface area (Å²) in [5.74, 6) is -0.161. The number of hydrogen-bond donors (Lipinski definition) is 2. The maximum absolute atomic E-state index is 12.2. The molecule has 0 saturated heterocycles. The Balaban J connectivity index is 2.18. The lowest BCUT2D eigenvalue weighted by atomic mass is 10.1. The van der Waals surface area contributed by atoms with Gasteiger partial charge in [0.2, 0.25) is 0 Å². The van der Waals surface area contributed by atoms with E-state index < -0.39 is 0 Å². The first-order chi connectivity index (χ1) is 9.06. The summed E-state index contributed by atoms with van der Waals surface area (Å²) in [5, 5.41) is 6.63. The summed E-state index contributed by atoms with van der Waals surface area (Å²) in [6.07, 6.45) is 1.67. The number of anilines is 2. The lowest BCUT2D eigenvalue weighted by Gasteiger charge is -2.13. The summed E-state index contributed by atoms with van der Waals surface area (Å²) in [4.78, 5) is 16.3. The van der Waals surface area contributed by atoms with Gasteiger partial charge in [0.25, 0.3) is 5.91 Å². The van der Waals surface area contributed by atoms with Crippen LogP contribution in [0.3, 0.4) is 0 Å². The number of nitrogens with zero attached hydrogens (tertiary/aromatic N) is 1. The number of halogens is 1. The van der Waals surface area contributed by atoms with E-state index in [0.29, 0.717) is 10.7 Å². The highest BCUT2D eigenvalue weighted by molar-refractivity contribution is 9.11. The average molecular weight is 340 g/mol. The standard InChI is InChI=1S/C13H14BrN3OS/c1-8(2)16-10-6-4-3-5-9(10)12(18)17-13-15-7-11(14)19-13/h3-8,16H,1-2H3,(H,15,17,18). The quantitative estimate of drug-likeness (QED) is 0.885. The molecule has 19 heavy (non-hydrogen) atoms. The van der Waals surface area contributed by atoms with E-state index in [4.69, 9.17) is 0 Å². The summed E-state index contributed by atoms with van der Waals surface area (Å²) in [6, 6.07) is 7.71. The van der Waals surface area contributed by atoms with Gasteiger partial charge in [-0.1, -0.05) is 23.5 Å². The number of rotatable bonds is 4. The van der Waals surface area contributed by atoms with E-state index in [9.17, 15) is 4.79 Å². The molecule has 1 heterocycles. The van der Waals surface area contributed by atoms with Crippen LogP contribution in [0, 0.1) is 0 Å². The second-order valence-corrected chi connectivity index (χ2v) is 6.68. The number of hydrogen-bond acceptors (Lipinski definition) is 4. The Morgan fingerprint density at radius 1 is 1.37 bits per heavy atom. The number of amides is 1. The van der Waals surface area contributed by atoms with Gasteiger partial charge in [-0.3, -0.25) is 10.1 Å². The highest BCUT2D eigenvalue weighted by Crippen LogP contribution is 2.24. The summed E-state index contributed by atoms with van der Waals surface area (Å²) in [6.45, 7) is 4.07. The average Bonchev–Trinajstić information content (AvgIpc) is 2.74. The minimum Gasteiger partial charge on any atom is -0.382 e. The van der Waals surface area contributed by atoms with Crippen molar-refractivity contribution in [3.8, 4) is 0 Å². The highest BCUT2D eigenvalue weighted by Gasteiger charge is 2.13. The molecule has 0 saturated carbocycles. The summed E-state index contributed by atoms with van der Waals surface area (Å²) in [5.41, 5.74) is 1.44. The van der Waals surface area contributed by atoms with E-state index >= 15 is 0 Å². The van der Waals surface area contributed by atoms with Crippen molar-refractivity contribution in [2.45, 2.75) is 19.9 Å². The minimum atomic E-state index is -0.161. The molecule has 2 N–H and O–H groups in total. The van der Waals surface area contributed by atoms with Crippen molar-refractivity contribution in [1.82, 2.24) is 4.98 Å². The molecule has 0 aliphatic carbocycles. The van der Waals surface area contributed by atoms with Crippen LogP contribution in [-0.2, 0) is 0 Å². The third kappa shape index (κ3) is 3.78. The normalized spacial score (nSPS) is 10.5. The van der Waals surface area contributed by atoms with Gasteiger partial charge < -0.3 is 5.32 Å². The Hall–Kier alpha value is -1.40. The maximum atomic E-state index is 12.2. The minimum absolute atomic E-state index is 0.161. The van der Waals surface area contributed by atoms with Gasteiger partial charge in [-0.2, -0.15) is 0 Å². The number of para-hydroxylation sites is 1. The van der Waals surface area contributed by atoms with Crippen LogP contribution in [-0.4, -0.2) is 16.9 Å². The van der Waals surface area contributed by atoms with E-state index in [0.717, 1.165) is 9.47 Å². The predicted octanol–water partition coefficient (Wildman–Crippen LogP) is 3.98. The van der Waals surface area contributed by atoms with Gasteiger partial charge >= 0.3 is 0 Å². The van der Waals surface area contributed by atoms with Gasteiger partial charge in [0, 0.05) is 11.7 Å². The van der Waals surface area contributed by atoms with E-state index in [-0.39, 0.29) is 11.9 Å². The van der Waals surface area contributed by atoms with E-state index in [1.165, 1.54) is 11.3 Å². The van der Waals surface area contributed by atoms with E-state index in [1.807, 2.05) is 32.0 Å². The Labute approximate surface area is 124 Å². The molecule has 0 fully saturated rings. The molecule has 6 heteroatoms. The number of thiazole rings is 1. The molecule has 1 aromatic heterocycles. The predicted molar refractivity (Wildman–Crippen MR) is 83.0 cm³/mol. The number of nitrogens with one attached hydrogen (secondary N) is 2. The van der Waals surface area contributed by atoms with Crippen molar-refractivity contribution in [2.75, 3.05) is 10.6 Å². The van der Waals surface area contributed by atoms with Crippen LogP contribution in [0.25, 0.3) is 0 Å². The first-order valence-corrected chi connectivity index (χ1v) is 7.45. The van der Waals surface area contributed by atoms with Crippen LogP contribution in [0.1, 0.15) is 24.2 Å². The van der Waals surface area contributed by atoms with Gasteiger partial charge in [0.1, 0.15) is 0 Å². The van der Waals surface area contributed by atoms with E-state index in [2.05, 4.69) is 31.5 Å². The first kappa shape index (κ1) is 14.0. The molecular formula is C13H14BrN3OS. The molecule has 1 amide bonds. The third-order valence-corrected chi connectivity index (χ3v) is 3.71. The number of benzene rings is 1. The van der Waals surface area contributed by atoms with Gasteiger partial charge in [-0.15, -0.1) is 0 Å². The molecule has 2 aromatic rings. The lowest BCUT2D eigenvalue weighted by molar-refractivity contribution is 0.102.